The Morgan fingerprint density at radius 2 is 2.14 bits per heavy atom. The lowest BCUT2D eigenvalue weighted by atomic mass is 10.1. The van der Waals surface area contributed by atoms with E-state index in [0.29, 0.717) is 0 Å². The number of anilines is 1. The van der Waals surface area contributed by atoms with Crippen LogP contribution < -0.4 is 4.90 Å². The molecule has 4 heteroatoms. The van der Waals surface area contributed by atoms with Crippen molar-refractivity contribution in [2.75, 3.05) is 4.90 Å². The number of carbonyl (C=O) groups is 1. The van der Waals surface area contributed by atoms with Gasteiger partial charge in [-0.1, -0.05) is 32.6 Å². The zero-order valence-electron chi connectivity index (χ0n) is 14.3. The van der Waals surface area contributed by atoms with Gasteiger partial charge in [-0.25, -0.2) is 4.79 Å². The van der Waals surface area contributed by atoms with Gasteiger partial charge in [-0.2, -0.15) is 0 Å². The molecule has 0 fully saturated rings. The molecule has 0 aliphatic carbocycles. The molecule has 2 heterocycles. The zero-order chi connectivity index (χ0) is 16.2. The van der Waals surface area contributed by atoms with Gasteiger partial charge in [-0.3, -0.25) is 9.88 Å². The molecular formula is C18H28N2O2. The van der Waals surface area contributed by atoms with Crippen LogP contribution >= 0.6 is 0 Å². The molecule has 1 aliphatic heterocycles. The topological polar surface area (TPSA) is 42.4 Å². The third kappa shape index (κ3) is 4.21. The van der Waals surface area contributed by atoms with E-state index in [4.69, 9.17) is 4.74 Å². The number of rotatable bonds is 5. The predicted octanol–water partition coefficient (Wildman–Crippen LogP) is 4.72. The molecule has 0 saturated carbocycles. The Balaban J connectivity index is 2.10. The monoisotopic (exact) mass is 304 g/mol. The minimum absolute atomic E-state index is 0.177. The maximum atomic E-state index is 12.6. The standard InChI is InChI=1S/C18H28N2O2/c1-5-6-7-8-10-14-13-15-16(11-9-12-19-15)20(14)17(21)22-18(2,3)4/h9,11-12,14H,5-8,10,13H2,1-4H3. The molecule has 1 amide bonds. The molecule has 0 spiro atoms. The summed E-state index contributed by atoms with van der Waals surface area (Å²) in [5, 5.41) is 0. The summed E-state index contributed by atoms with van der Waals surface area (Å²) in [5.41, 5.74) is 1.44. The largest absolute Gasteiger partial charge is 0.443 e. The van der Waals surface area contributed by atoms with Gasteiger partial charge in [0, 0.05) is 18.7 Å². The van der Waals surface area contributed by atoms with Crippen LogP contribution in [0.2, 0.25) is 0 Å². The first-order valence-corrected chi connectivity index (χ1v) is 8.38. The molecule has 1 atom stereocenters. The molecule has 4 nitrogen and oxygen atoms in total. The summed E-state index contributed by atoms with van der Waals surface area (Å²) in [6.45, 7) is 7.92. The van der Waals surface area contributed by atoms with Crippen LogP contribution in [-0.4, -0.2) is 22.7 Å². The van der Waals surface area contributed by atoms with Crippen LogP contribution in [-0.2, 0) is 11.2 Å². The van der Waals surface area contributed by atoms with Crippen LogP contribution in [0.5, 0.6) is 0 Å². The van der Waals surface area contributed by atoms with Crippen LogP contribution in [0, 0.1) is 0 Å². The normalized spacial score (nSPS) is 17.5. The summed E-state index contributed by atoms with van der Waals surface area (Å²) in [4.78, 5) is 18.9. The molecule has 0 radical (unpaired) electrons. The van der Waals surface area contributed by atoms with E-state index in [1.165, 1.54) is 19.3 Å². The number of carbonyl (C=O) groups excluding carboxylic acids is 1. The highest BCUT2D eigenvalue weighted by molar-refractivity contribution is 5.91. The Hall–Kier alpha value is -1.58. The Bertz CT molecular complexity index is 508. The van der Waals surface area contributed by atoms with Crippen LogP contribution in [0.4, 0.5) is 10.5 Å². The first kappa shape index (κ1) is 16.8. The SMILES string of the molecule is CCCCCCC1Cc2ncccc2N1C(=O)OC(C)(C)C. The van der Waals surface area contributed by atoms with E-state index in [0.717, 1.165) is 30.6 Å². The second kappa shape index (κ2) is 7.12. The van der Waals surface area contributed by atoms with Crippen molar-refractivity contribution in [1.29, 1.82) is 0 Å². The van der Waals surface area contributed by atoms with Crippen LogP contribution in [0.15, 0.2) is 18.3 Å². The summed E-state index contributed by atoms with van der Waals surface area (Å²) < 4.78 is 5.60. The Morgan fingerprint density at radius 3 is 2.82 bits per heavy atom. The Labute approximate surface area is 133 Å². The summed E-state index contributed by atoms with van der Waals surface area (Å²) in [6.07, 6.45) is 8.24. The van der Waals surface area contributed by atoms with E-state index in [1.807, 2.05) is 37.8 Å². The number of amides is 1. The summed E-state index contributed by atoms with van der Waals surface area (Å²) in [5.74, 6) is 0. The predicted molar refractivity (Wildman–Crippen MR) is 89.2 cm³/mol. The van der Waals surface area contributed by atoms with E-state index in [2.05, 4.69) is 11.9 Å². The number of nitrogens with zero attached hydrogens (tertiary/aromatic N) is 2. The van der Waals surface area contributed by atoms with Gasteiger partial charge in [0.2, 0.25) is 0 Å². The third-order valence-electron chi connectivity index (χ3n) is 3.90. The quantitative estimate of drug-likeness (QED) is 0.739. The molecule has 1 aromatic heterocycles. The van der Waals surface area contributed by atoms with Crippen LogP contribution in [0.25, 0.3) is 0 Å². The van der Waals surface area contributed by atoms with Crippen LogP contribution in [0.3, 0.4) is 0 Å². The van der Waals surface area contributed by atoms with Gasteiger partial charge in [-0.15, -0.1) is 0 Å². The summed E-state index contributed by atoms with van der Waals surface area (Å²) in [6, 6.07) is 4.03. The number of unbranched alkanes of at least 4 members (excludes halogenated alkanes) is 3. The lowest BCUT2D eigenvalue weighted by Gasteiger charge is -2.29. The van der Waals surface area contributed by atoms with Crippen LogP contribution in [0.1, 0.15) is 65.5 Å². The average molecular weight is 304 g/mol. The van der Waals surface area contributed by atoms with Crippen molar-refractivity contribution in [2.45, 2.75) is 77.9 Å². The highest BCUT2D eigenvalue weighted by Gasteiger charge is 2.36. The van der Waals surface area contributed by atoms with Crippen molar-refractivity contribution >= 4 is 11.8 Å². The van der Waals surface area contributed by atoms with Crippen molar-refractivity contribution in [3.63, 3.8) is 0 Å². The number of aromatic nitrogens is 1. The first-order chi connectivity index (χ1) is 10.4. The number of hydrogen-bond donors (Lipinski definition) is 0. The molecule has 2 rings (SSSR count). The van der Waals surface area contributed by atoms with Crippen molar-refractivity contribution < 1.29 is 9.53 Å². The van der Waals surface area contributed by atoms with Crippen molar-refractivity contribution in [2.24, 2.45) is 0 Å². The number of ether oxygens (including phenoxy) is 1. The zero-order valence-corrected chi connectivity index (χ0v) is 14.3. The molecule has 1 aliphatic rings. The van der Waals surface area contributed by atoms with E-state index >= 15 is 0 Å². The second-order valence-electron chi connectivity index (χ2n) is 7.03. The number of hydrogen-bond acceptors (Lipinski definition) is 3. The van der Waals surface area contributed by atoms with Gasteiger partial charge >= 0.3 is 6.09 Å². The Kier molecular flexibility index (Phi) is 5.43. The van der Waals surface area contributed by atoms with Crippen molar-refractivity contribution in [3.8, 4) is 0 Å². The van der Waals surface area contributed by atoms with Gasteiger partial charge in [0.1, 0.15) is 5.60 Å². The second-order valence-corrected chi connectivity index (χ2v) is 7.03. The van der Waals surface area contributed by atoms with Gasteiger partial charge in [0.15, 0.2) is 0 Å². The Morgan fingerprint density at radius 1 is 1.36 bits per heavy atom. The number of fused-ring (bicyclic) bond motifs is 1. The van der Waals surface area contributed by atoms with Gasteiger partial charge in [0.25, 0.3) is 0 Å². The highest BCUT2D eigenvalue weighted by atomic mass is 16.6. The molecule has 0 saturated heterocycles. The minimum atomic E-state index is -0.477. The van der Waals surface area contributed by atoms with Crippen molar-refractivity contribution in [1.82, 2.24) is 4.98 Å². The maximum absolute atomic E-state index is 12.6. The van der Waals surface area contributed by atoms with Crippen molar-refractivity contribution in [3.05, 3.63) is 24.0 Å². The minimum Gasteiger partial charge on any atom is -0.443 e. The third-order valence-corrected chi connectivity index (χ3v) is 3.90. The smallest absolute Gasteiger partial charge is 0.415 e. The average Bonchev–Trinajstić information content (AvgIpc) is 2.80. The summed E-state index contributed by atoms with van der Waals surface area (Å²) in [7, 11) is 0. The molecule has 0 aromatic carbocycles. The molecule has 22 heavy (non-hydrogen) atoms. The molecule has 0 N–H and O–H groups in total. The fourth-order valence-electron chi connectivity index (χ4n) is 2.91. The van der Waals surface area contributed by atoms with Gasteiger partial charge < -0.3 is 4.74 Å². The van der Waals surface area contributed by atoms with Gasteiger partial charge in [0.05, 0.1) is 11.4 Å². The molecular weight excluding hydrogens is 276 g/mol. The fraction of sp³-hybridized carbons (Fsp3) is 0.667. The summed E-state index contributed by atoms with van der Waals surface area (Å²) >= 11 is 0. The fourth-order valence-corrected chi connectivity index (χ4v) is 2.91. The molecule has 1 aromatic rings. The molecule has 0 bridgehead atoms. The molecule has 1 unspecified atom stereocenters. The lowest BCUT2D eigenvalue weighted by molar-refractivity contribution is 0.0568. The van der Waals surface area contributed by atoms with E-state index in [1.54, 1.807) is 6.20 Å². The van der Waals surface area contributed by atoms with E-state index in [9.17, 15) is 4.79 Å². The van der Waals surface area contributed by atoms with E-state index in [-0.39, 0.29) is 12.1 Å². The number of pyridine rings is 1. The lowest BCUT2D eigenvalue weighted by Crippen LogP contribution is -2.41. The first-order valence-electron chi connectivity index (χ1n) is 8.38. The highest BCUT2D eigenvalue weighted by Crippen LogP contribution is 2.34. The molecule has 122 valence electrons. The van der Waals surface area contributed by atoms with E-state index < -0.39 is 5.60 Å². The van der Waals surface area contributed by atoms with Gasteiger partial charge in [-0.05, 0) is 39.3 Å². The maximum Gasteiger partial charge on any atom is 0.415 e.